The van der Waals surface area contributed by atoms with Gasteiger partial charge in [0.1, 0.15) is 0 Å². The lowest BCUT2D eigenvalue weighted by Gasteiger charge is -2.26. The molecule has 1 aliphatic rings. The Kier molecular flexibility index (Phi) is 11.9. The lowest BCUT2D eigenvalue weighted by Crippen LogP contribution is -2.40. The van der Waals surface area contributed by atoms with Crippen molar-refractivity contribution in [3.63, 3.8) is 0 Å². The number of hydrogen-bond donors (Lipinski definition) is 2. The zero-order valence-electron chi connectivity index (χ0n) is 17.4. The number of nitrogens with zero attached hydrogens (tertiary/aromatic N) is 4. The molecule has 0 bridgehead atoms. The number of nitrogens with one attached hydrogen (secondary N) is 2. The molecular weight excluding hydrogens is 455 g/mol. The predicted molar refractivity (Wildman–Crippen MR) is 122 cm³/mol. The fourth-order valence-electron chi connectivity index (χ4n) is 3.41. The van der Waals surface area contributed by atoms with Crippen LogP contribution in [0.5, 0.6) is 0 Å². The second-order valence-electron chi connectivity index (χ2n) is 6.63. The average molecular weight is 492 g/mol. The first-order chi connectivity index (χ1) is 12.7. The molecule has 0 aromatic carbocycles. The van der Waals surface area contributed by atoms with Crippen molar-refractivity contribution in [2.75, 3.05) is 45.9 Å². The molecule has 7 nitrogen and oxygen atoms in total. The molecule has 0 saturated carbocycles. The number of rotatable bonds is 9. The van der Waals surface area contributed by atoms with Crippen LogP contribution in [0.25, 0.3) is 0 Å². The van der Waals surface area contributed by atoms with E-state index in [-0.39, 0.29) is 24.0 Å². The number of aryl methyl sites for hydroxylation is 2. The van der Waals surface area contributed by atoms with Crippen LogP contribution in [-0.2, 0) is 31.2 Å². The predicted octanol–water partition coefficient (Wildman–Crippen LogP) is 1.94. The van der Waals surface area contributed by atoms with Crippen LogP contribution in [0.2, 0.25) is 0 Å². The maximum absolute atomic E-state index is 5.40. The Labute approximate surface area is 181 Å². The second kappa shape index (κ2) is 13.3. The van der Waals surface area contributed by atoms with E-state index in [1.807, 2.05) is 11.7 Å². The van der Waals surface area contributed by atoms with Gasteiger partial charge in [0, 0.05) is 44.5 Å². The van der Waals surface area contributed by atoms with Gasteiger partial charge in [-0.15, -0.1) is 24.0 Å². The van der Waals surface area contributed by atoms with Crippen molar-refractivity contribution >= 4 is 29.9 Å². The van der Waals surface area contributed by atoms with E-state index < -0.39 is 0 Å². The van der Waals surface area contributed by atoms with E-state index in [9.17, 15) is 0 Å². The molecule has 0 radical (unpaired) electrons. The smallest absolute Gasteiger partial charge is 0.191 e. The number of morpholine rings is 1. The Morgan fingerprint density at radius 3 is 2.52 bits per heavy atom. The Hall–Kier alpha value is -0.870. The number of ether oxygens (including phenoxy) is 1. The molecule has 0 aliphatic carbocycles. The first-order valence-electron chi connectivity index (χ1n) is 10.0. The van der Waals surface area contributed by atoms with Gasteiger partial charge in [-0.25, -0.2) is 4.99 Å². The molecule has 1 aromatic rings. The summed E-state index contributed by atoms with van der Waals surface area (Å²) in [5.41, 5.74) is 3.73. The molecule has 2 N–H and O–H groups in total. The van der Waals surface area contributed by atoms with Crippen molar-refractivity contribution < 1.29 is 4.74 Å². The Morgan fingerprint density at radius 1 is 1.15 bits per heavy atom. The van der Waals surface area contributed by atoms with Crippen LogP contribution in [0.3, 0.4) is 0 Å². The summed E-state index contributed by atoms with van der Waals surface area (Å²) in [5.74, 6) is 0.891. The molecule has 0 spiro atoms. The second-order valence-corrected chi connectivity index (χ2v) is 6.63. The van der Waals surface area contributed by atoms with Gasteiger partial charge in [0.15, 0.2) is 5.96 Å². The lowest BCUT2D eigenvalue weighted by atomic mass is 10.1. The van der Waals surface area contributed by atoms with E-state index in [2.05, 4.69) is 41.4 Å². The van der Waals surface area contributed by atoms with Gasteiger partial charge >= 0.3 is 0 Å². The average Bonchev–Trinajstić information content (AvgIpc) is 2.98. The van der Waals surface area contributed by atoms with Gasteiger partial charge in [0.2, 0.25) is 0 Å². The summed E-state index contributed by atoms with van der Waals surface area (Å²) >= 11 is 0. The van der Waals surface area contributed by atoms with E-state index in [0.717, 1.165) is 76.9 Å². The molecule has 8 heteroatoms. The fourth-order valence-corrected chi connectivity index (χ4v) is 3.41. The molecule has 27 heavy (non-hydrogen) atoms. The summed E-state index contributed by atoms with van der Waals surface area (Å²) in [7, 11) is 2.03. The molecule has 0 amide bonds. The van der Waals surface area contributed by atoms with Gasteiger partial charge in [-0.3, -0.25) is 9.58 Å². The van der Waals surface area contributed by atoms with Crippen molar-refractivity contribution in [1.82, 2.24) is 25.3 Å². The summed E-state index contributed by atoms with van der Waals surface area (Å²) in [6.07, 6.45) is 3.04. The summed E-state index contributed by atoms with van der Waals surface area (Å²) in [6, 6.07) is 0. The third-order valence-electron chi connectivity index (χ3n) is 4.81. The first-order valence-corrected chi connectivity index (χ1v) is 10.0. The van der Waals surface area contributed by atoms with Crippen molar-refractivity contribution in [3.8, 4) is 0 Å². The quantitative estimate of drug-likeness (QED) is 0.239. The highest BCUT2D eigenvalue weighted by molar-refractivity contribution is 14.0. The highest BCUT2D eigenvalue weighted by Gasteiger charge is 2.13. The van der Waals surface area contributed by atoms with E-state index >= 15 is 0 Å². The molecule has 2 rings (SSSR count). The number of aliphatic imine (C=N–C) groups is 1. The normalized spacial score (nSPS) is 15.5. The highest BCUT2D eigenvalue weighted by atomic mass is 127. The van der Waals surface area contributed by atoms with Crippen molar-refractivity contribution in [3.05, 3.63) is 17.0 Å². The summed E-state index contributed by atoms with van der Waals surface area (Å²) in [6.45, 7) is 13.8. The van der Waals surface area contributed by atoms with Gasteiger partial charge < -0.3 is 15.4 Å². The lowest BCUT2D eigenvalue weighted by molar-refractivity contribution is 0.0376. The van der Waals surface area contributed by atoms with E-state index in [0.29, 0.717) is 6.54 Å². The standard InChI is InChI=1S/C19H36N6O.HI/c1-5-17-16(18(6-2)24(4)23-17)15-22-19(20-7-3)21-9-8-10-25-11-13-26-14-12-25;/h5-15H2,1-4H3,(H2,20,21,22);1H. The number of guanidine groups is 1. The highest BCUT2D eigenvalue weighted by Crippen LogP contribution is 2.16. The van der Waals surface area contributed by atoms with Gasteiger partial charge in [-0.2, -0.15) is 5.10 Å². The van der Waals surface area contributed by atoms with Gasteiger partial charge in [0.05, 0.1) is 25.5 Å². The Balaban J connectivity index is 0.00000364. The maximum Gasteiger partial charge on any atom is 0.191 e. The van der Waals surface area contributed by atoms with Gasteiger partial charge in [-0.1, -0.05) is 13.8 Å². The molecule has 1 fully saturated rings. The number of hydrogen-bond acceptors (Lipinski definition) is 4. The monoisotopic (exact) mass is 492 g/mol. The minimum absolute atomic E-state index is 0. The Bertz CT molecular complexity index is 569. The van der Waals surface area contributed by atoms with E-state index in [4.69, 9.17) is 9.73 Å². The zero-order valence-corrected chi connectivity index (χ0v) is 19.7. The number of halogens is 1. The van der Waals surface area contributed by atoms with Crippen molar-refractivity contribution in [2.24, 2.45) is 12.0 Å². The largest absolute Gasteiger partial charge is 0.379 e. The topological polar surface area (TPSA) is 66.7 Å². The molecule has 156 valence electrons. The molecule has 0 atom stereocenters. The zero-order chi connectivity index (χ0) is 18.8. The molecule has 1 saturated heterocycles. The third kappa shape index (κ3) is 7.57. The van der Waals surface area contributed by atoms with Crippen LogP contribution < -0.4 is 10.6 Å². The van der Waals surface area contributed by atoms with E-state index in [1.54, 1.807) is 0 Å². The van der Waals surface area contributed by atoms with Gasteiger partial charge in [-0.05, 0) is 32.7 Å². The fraction of sp³-hybridized carbons (Fsp3) is 0.789. The van der Waals surface area contributed by atoms with Crippen LogP contribution in [0.15, 0.2) is 4.99 Å². The minimum Gasteiger partial charge on any atom is -0.379 e. The van der Waals surface area contributed by atoms with Crippen molar-refractivity contribution in [1.29, 1.82) is 0 Å². The SMILES string of the molecule is CCNC(=NCc1c(CC)nn(C)c1CC)NCCCN1CCOCC1.I. The summed E-state index contributed by atoms with van der Waals surface area (Å²) in [4.78, 5) is 7.27. The maximum atomic E-state index is 5.40. The first kappa shape index (κ1) is 24.2. The minimum atomic E-state index is 0. The third-order valence-corrected chi connectivity index (χ3v) is 4.81. The van der Waals surface area contributed by atoms with Gasteiger partial charge in [0.25, 0.3) is 0 Å². The molecule has 0 unspecified atom stereocenters. The van der Waals surface area contributed by atoms with Crippen LogP contribution in [0.4, 0.5) is 0 Å². The van der Waals surface area contributed by atoms with Crippen LogP contribution >= 0.6 is 24.0 Å². The van der Waals surface area contributed by atoms with Crippen LogP contribution in [0, 0.1) is 0 Å². The van der Waals surface area contributed by atoms with Crippen LogP contribution in [0.1, 0.15) is 44.1 Å². The van der Waals surface area contributed by atoms with Crippen molar-refractivity contribution in [2.45, 2.75) is 46.6 Å². The molecule has 1 aromatic heterocycles. The van der Waals surface area contributed by atoms with Crippen LogP contribution in [-0.4, -0.2) is 66.6 Å². The summed E-state index contributed by atoms with van der Waals surface area (Å²) in [5, 5.41) is 11.5. The summed E-state index contributed by atoms with van der Waals surface area (Å²) < 4.78 is 7.40. The Morgan fingerprint density at radius 2 is 1.89 bits per heavy atom. The molecular formula is C19H37IN6O. The molecule has 2 heterocycles. The van der Waals surface area contributed by atoms with E-state index in [1.165, 1.54) is 11.3 Å². The number of aromatic nitrogens is 2. The molecule has 1 aliphatic heterocycles.